The van der Waals surface area contributed by atoms with Crippen molar-refractivity contribution in [3.8, 4) is 0 Å². The topological polar surface area (TPSA) is 82.8 Å². The highest BCUT2D eigenvalue weighted by atomic mass is 32.2. The molecule has 3 aromatic rings. The molecule has 0 atom stereocenters. The zero-order chi connectivity index (χ0) is 23.5. The lowest BCUT2D eigenvalue weighted by atomic mass is 10.1. The number of piperidine rings is 1. The van der Waals surface area contributed by atoms with Crippen LogP contribution >= 0.6 is 23.1 Å². The maximum Gasteiger partial charge on any atom is 0.290 e. The van der Waals surface area contributed by atoms with E-state index in [1.807, 2.05) is 41.0 Å². The van der Waals surface area contributed by atoms with E-state index < -0.39 is 0 Å². The molecule has 2 saturated heterocycles. The number of hydrogen-bond donors (Lipinski definition) is 0. The molecule has 34 heavy (non-hydrogen) atoms. The van der Waals surface area contributed by atoms with Gasteiger partial charge in [-0.1, -0.05) is 41.3 Å². The molecular formula is C24H29N5O3S2. The van der Waals surface area contributed by atoms with Gasteiger partial charge in [0.05, 0.1) is 6.54 Å². The van der Waals surface area contributed by atoms with Gasteiger partial charge in [0.25, 0.3) is 5.91 Å². The standard InChI is InChI=1S/C24H29N5O3S2/c1-17-25-26-24(34-17)33-16-19-18-7-3-4-8-20(18)32-22(19)23(31)29-13-11-27(12-14-29)15-21(30)28-9-5-2-6-10-28/h3-4,7-8H,2,5-6,9-16H2,1H3. The van der Waals surface area contributed by atoms with E-state index in [1.54, 1.807) is 23.1 Å². The molecule has 2 amide bonds. The number of hydrogen-bond acceptors (Lipinski definition) is 8. The maximum atomic E-state index is 13.5. The Morgan fingerprint density at radius 1 is 1.00 bits per heavy atom. The van der Waals surface area contributed by atoms with Crippen LogP contribution in [0, 0.1) is 6.92 Å². The van der Waals surface area contributed by atoms with Crippen molar-refractivity contribution in [2.75, 3.05) is 45.8 Å². The minimum Gasteiger partial charge on any atom is -0.451 e. The van der Waals surface area contributed by atoms with E-state index in [-0.39, 0.29) is 11.8 Å². The Morgan fingerprint density at radius 2 is 1.76 bits per heavy atom. The summed E-state index contributed by atoms with van der Waals surface area (Å²) in [5.41, 5.74) is 1.63. The lowest BCUT2D eigenvalue weighted by Crippen LogP contribution is -2.52. The summed E-state index contributed by atoms with van der Waals surface area (Å²) in [5, 5.41) is 10.2. The molecular weight excluding hydrogens is 470 g/mol. The van der Waals surface area contributed by atoms with E-state index in [0.717, 1.165) is 51.8 Å². The van der Waals surface area contributed by atoms with Crippen molar-refractivity contribution in [1.29, 1.82) is 0 Å². The second-order valence-electron chi connectivity index (χ2n) is 8.79. The van der Waals surface area contributed by atoms with E-state index in [9.17, 15) is 9.59 Å². The molecule has 0 unspecified atom stereocenters. The molecule has 2 aliphatic heterocycles. The van der Waals surface area contributed by atoms with Crippen LogP contribution in [0.2, 0.25) is 0 Å². The molecule has 10 heteroatoms. The second-order valence-corrected chi connectivity index (χ2v) is 11.2. The van der Waals surface area contributed by atoms with Crippen LogP contribution < -0.4 is 0 Å². The first kappa shape index (κ1) is 23.3. The van der Waals surface area contributed by atoms with Crippen molar-refractivity contribution in [3.63, 3.8) is 0 Å². The number of aryl methyl sites for hydroxylation is 1. The number of piperazine rings is 1. The van der Waals surface area contributed by atoms with Gasteiger partial charge >= 0.3 is 0 Å². The smallest absolute Gasteiger partial charge is 0.290 e. The molecule has 4 heterocycles. The largest absolute Gasteiger partial charge is 0.451 e. The van der Waals surface area contributed by atoms with Gasteiger partial charge in [-0.15, -0.1) is 10.2 Å². The average Bonchev–Trinajstić information content (AvgIpc) is 3.46. The number of benzene rings is 1. The number of nitrogens with zero attached hydrogens (tertiary/aromatic N) is 5. The Balaban J connectivity index is 1.25. The zero-order valence-electron chi connectivity index (χ0n) is 19.4. The third-order valence-electron chi connectivity index (χ3n) is 6.47. The molecule has 5 rings (SSSR count). The van der Waals surface area contributed by atoms with Crippen molar-refractivity contribution in [2.24, 2.45) is 0 Å². The molecule has 0 saturated carbocycles. The Kier molecular flexibility index (Phi) is 7.17. The summed E-state index contributed by atoms with van der Waals surface area (Å²) in [6.07, 6.45) is 3.42. The van der Waals surface area contributed by atoms with Crippen LogP contribution in [0.4, 0.5) is 0 Å². The highest BCUT2D eigenvalue weighted by Crippen LogP contribution is 2.33. The molecule has 2 fully saturated rings. The summed E-state index contributed by atoms with van der Waals surface area (Å²) in [4.78, 5) is 32.1. The molecule has 0 bridgehead atoms. The van der Waals surface area contributed by atoms with Crippen LogP contribution in [-0.4, -0.2) is 82.5 Å². The van der Waals surface area contributed by atoms with Gasteiger partial charge in [0.2, 0.25) is 5.91 Å². The van der Waals surface area contributed by atoms with Crippen LogP contribution in [0.1, 0.15) is 40.4 Å². The molecule has 2 aliphatic rings. The number of carbonyl (C=O) groups excluding carboxylic acids is 2. The average molecular weight is 500 g/mol. The molecule has 0 N–H and O–H groups in total. The minimum absolute atomic E-state index is 0.0812. The fourth-order valence-electron chi connectivity index (χ4n) is 4.57. The first-order valence-corrected chi connectivity index (χ1v) is 13.6. The minimum atomic E-state index is -0.0812. The summed E-state index contributed by atoms with van der Waals surface area (Å²) in [7, 11) is 0. The lowest BCUT2D eigenvalue weighted by molar-refractivity contribution is -0.133. The van der Waals surface area contributed by atoms with Gasteiger partial charge in [0, 0.05) is 56.0 Å². The third-order valence-corrected chi connectivity index (χ3v) is 8.47. The molecule has 1 aromatic carbocycles. The highest BCUT2D eigenvalue weighted by Gasteiger charge is 2.29. The summed E-state index contributed by atoms with van der Waals surface area (Å²) in [6.45, 7) is 6.69. The molecule has 0 spiro atoms. The SMILES string of the molecule is Cc1nnc(SCc2c(C(=O)N3CCN(CC(=O)N4CCCCC4)CC3)oc3ccccc23)s1. The van der Waals surface area contributed by atoms with Crippen molar-refractivity contribution in [2.45, 2.75) is 36.3 Å². The monoisotopic (exact) mass is 499 g/mol. The fraction of sp³-hybridized carbons (Fsp3) is 0.500. The quantitative estimate of drug-likeness (QED) is 0.479. The van der Waals surface area contributed by atoms with E-state index in [4.69, 9.17) is 4.42 Å². The van der Waals surface area contributed by atoms with Crippen molar-refractivity contribution < 1.29 is 14.0 Å². The van der Waals surface area contributed by atoms with Crippen molar-refractivity contribution in [3.05, 3.63) is 40.6 Å². The molecule has 2 aromatic heterocycles. The molecule has 8 nitrogen and oxygen atoms in total. The Bertz CT molecular complexity index is 1160. The van der Waals surface area contributed by atoms with E-state index >= 15 is 0 Å². The van der Waals surface area contributed by atoms with Crippen LogP contribution in [0.15, 0.2) is 33.0 Å². The number of fused-ring (bicyclic) bond motifs is 1. The number of para-hydroxylation sites is 1. The first-order valence-electron chi connectivity index (χ1n) is 11.8. The highest BCUT2D eigenvalue weighted by molar-refractivity contribution is 8.00. The zero-order valence-corrected chi connectivity index (χ0v) is 21.0. The van der Waals surface area contributed by atoms with Gasteiger partial charge < -0.3 is 14.2 Å². The normalized spacial score (nSPS) is 17.4. The number of amides is 2. The Labute approximate surface area is 207 Å². The van der Waals surface area contributed by atoms with Gasteiger partial charge in [-0.05, 0) is 32.3 Å². The number of carbonyl (C=O) groups is 2. The van der Waals surface area contributed by atoms with Crippen molar-refractivity contribution >= 4 is 45.9 Å². The Hall–Kier alpha value is -2.43. The van der Waals surface area contributed by atoms with Gasteiger partial charge in [-0.2, -0.15) is 0 Å². The fourth-order valence-corrected chi connectivity index (χ4v) is 6.42. The van der Waals surface area contributed by atoms with Gasteiger partial charge in [0.15, 0.2) is 10.1 Å². The van der Waals surface area contributed by atoms with Gasteiger partial charge in [-0.3, -0.25) is 14.5 Å². The van der Waals surface area contributed by atoms with Crippen LogP contribution in [0.3, 0.4) is 0 Å². The number of likely N-dealkylation sites (tertiary alicyclic amines) is 1. The predicted molar refractivity (Wildman–Crippen MR) is 133 cm³/mol. The molecule has 0 radical (unpaired) electrons. The molecule has 0 aliphatic carbocycles. The van der Waals surface area contributed by atoms with Crippen molar-refractivity contribution in [1.82, 2.24) is 24.9 Å². The number of aromatic nitrogens is 2. The van der Waals surface area contributed by atoms with Gasteiger partial charge in [0.1, 0.15) is 10.6 Å². The van der Waals surface area contributed by atoms with E-state index in [2.05, 4.69) is 15.1 Å². The summed E-state index contributed by atoms with van der Waals surface area (Å²) >= 11 is 3.13. The van der Waals surface area contributed by atoms with E-state index in [0.29, 0.717) is 44.2 Å². The number of furan rings is 1. The molecule has 180 valence electrons. The summed E-state index contributed by atoms with van der Waals surface area (Å²) in [5.74, 6) is 1.13. The number of thioether (sulfide) groups is 1. The Morgan fingerprint density at radius 3 is 2.50 bits per heavy atom. The summed E-state index contributed by atoms with van der Waals surface area (Å²) in [6, 6.07) is 7.79. The maximum absolute atomic E-state index is 13.5. The van der Waals surface area contributed by atoms with Crippen LogP contribution in [-0.2, 0) is 10.5 Å². The predicted octanol–water partition coefficient (Wildman–Crippen LogP) is 3.66. The van der Waals surface area contributed by atoms with E-state index in [1.165, 1.54) is 6.42 Å². The van der Waals surface area contributed by atoms with Crippen LogP contribution in [0.25, 0.3) is 11.0 Å². The number of rotatable bonds is 6. The second kappa shape index (κ2) is 10.5. The van der Waals surface area contributed by atoms with Crippen LogP contribution in [0.5, 0.6) is 0 Å². The first-order chi connectivity index (χ1) is 16.6. The third kappa shape index (κ3) is 5.13. The van der Waals surface area contributed by atoms with Gasteiger partial charge in [-0.25, -0.2) is 0 Å². The summed E-state index contributed by atoms with van der Waals surface area (Å²) < 4.78 is 6.95. The lowest BCUT2D eigenvalue weighted by Gasteiger charge is -2.35.